The molecule has 1 rings (SSSR count). The van der Waals surface area contributed by atoms with Crippen LogP contribution in [0.1, 0.15) is 16.7 Å². The third kappa shape index (κ3) is 4.58. The molecule has 4 heteroatoms. The molecule has 0 saturated carbocycles. The summed E-state index contributed by atoms with van der Waals surface area (Å²) in [6.07, 6.45) is 1.75. The van der Waals surface area contributed by atoms with Crippen LogP contribution in [0.2, 0.25) is 0 Å². The van der Waals surface area contributed by atoms with Gasteiger partial charge in [0.05, 0.1) is 6.42 Å². The zero-order valence-electron chi connectivity index (χ0n) is 11.3. The van der Waals surface area contributed by atoms with E-state index in [0.29, 0.717) is 0 Å². The first kappa shape index (κ1) is 15.0. The van der Waals surface area contributed by atoms with E-state index < -0.39 is 5.97 Å². The van der Waals surface area contributed by atoms with Crippen LogP contribution in [-0.2, 0) is 16.0 Å². The number of aliphatic carboxylic acids is 1. The fourth-order valence-electron chi connectivity index (χ4n) is 1.84. The van der Waals surface area contributed by atoms with E-state index >= 15 is 0 Å². The molecule has 0 heterocycles. The number of carbonyl (C=O) groups excluding carboxylic acids is 1. The Labute approximate surface area is 113 Å². The number of rotatable bonds is 6. The van der Waals surface area contributed by atoms with Gasteiger partial charge in [0.15, 0.2) is 0 Å². The number of aryl methyl sites for hydroxylation is 2. The number of carboxylic acid groups (broad SMARTS) is 1. The fraction of sp³-hybridized carbons (Fsp3) is 0.333. The van der Waals surface area contributed by atoms with Gasteiger partial charge in [-0.25, -0.2) is 0 Å². The monoisotopic (exact) mass is 261 g/mol. The Morgan fingerprint density at radius 3 is 2.63 bits per heavy atom. The largest absolute Gasteiger partial charge is 0.480 e. The van der Waals surface area contributed by atoms with Gasteiger partial charge in [-0.15, -0.1) is 6.58 Å². The van der Waals surface area contributed by atoms with Crippen molar-refractivity contribution < 1.29 is 14.7 Å². The molecule has 0 fully saturated rings. The molecule has 1 aromatic rings. The first-order chi connectivity index (χ1) is 8.93. The summed E-state index contributed by atoms with van der Waals surface area (Å²) in [4.78, 5) is 24.1. The van der Waals surface area contributed by atoms with E-state index in [2.05, 4.69) is 6.58 Å². The number of nitrogens with zero attached hydrogens (tertiary/aromatic N) is 1. The third-order valence-electron chi connectivity index (χ3n) is 2.87. The van der Waals surface area contributed by atoms with Crippen LogP contribution < -0.4 is 0 Å². The highest BCUT2D eigenvalue weighted by Crippen LogP contribution is 2.12. The molecule has 0 unspecified atom stereocenters. The Morgan fingerprint density at radius 2 is 2.05 bits per heavy atom. The van der Waals surface area contributed by atoms with Crippen molar-refractivity contribution in [1.82, 2.24) is 4.90 Å². The molecule has 0 aromatic heterocycles. The molecule has 1 amide bonds. The highest BCUT2D eigenvalue weighted by molar-refractivity contribution is 5.83. The number of carbonyl (C=O) groups is 2. The zero-order valence-corrected chi connectivity index (χ0v) is 11.3. The van der Waals surface area contributed by atoms with Gasteiger partial charge in [0.25, 0.3) is 0 Å². The van der Waals surface area contributed by atoms with Crippen molar-refractivity contribution in [2.24, 2.45) is 0 Å². The average molecular weight is 261 g/mol. The maximum absolute atomic E-state index is 12.1. The summed E-state index contributed by atoms with van der Waals surface area (Å²) in [5.41, 5.74) is 3.05. The fourth-order valence-corrected chi connectivity index (χ4v) is 1.84. The Morgan fingerprint density at radius 1 is 1.37 bits per heavy atom. The highest BCUT2D eigenvalue weighted by atomic mass is 16.4. The van der Waals surface area contributed by atoms with Crippen molar-refractivity contribution in [3.8, 4) is 0 Å². The van der Waals surface area contributed by atoms with E-state index in [0.717, 1.165) is 16.7 Å². The molecular weight excluding hydrogens is 242 g/mol. The molecule has 0 aliphatic rings. The summed E-state index contributed by atoms with van der Waals surface area (Å²) >= 11 is 0. The summed E-state index contributed by atoms with van der Waals surface area (Å²) in [6, 6.07) is 5.91. The molecule has 0 radical (unpaired) electrons. The van der Waals surface area contributed by atoms with Crippen molar-refractivity contribution in [1.29, 1.82) is 0 Å². The average Bonchev–Trinajstić information content (AvgIpc) is 2.32. The quantitative estimate of drug-likeness (QED) is 0.796. The van der Waals surface area contributed by atoms with Crippen molar-refractivity contribution in [2.75, 3.05) is 13.1 Å². The number of amides is 1. The minimum atomic E-state index is -1.02. The lowest BCUT2D eigenvalue weighted by atomic mass is 10.0. The lowest BCUT2D eigenvalue weighted by molar-refractivity contribution is -0.143. The van der Waals surface area contributed by atoms with Crippen molar-refractivity contribution in [2.45, 2.75) is 20.3 Å². The second-order valence-corrected chi connectivity index (χ2v) is 4.56. The van der Waals surface area contributed by atoms with Crippen molar-refractivity contribution in [3.05, 3.63) is 47.5 Å². The van der Waals surface area contributed by atoms with Crippen LogP contribution in [0.5, 0.6) is 0 Å². The molecule has 1 N–H and O–H groups in total. The van der Waals surface area contributed by atoms with E-state index in [-0.39, 0.29) is 25.4 Å². The molecular formula is C15H19NO3. The van der Waals surface area contributed by atoms with Gasteiger partial charge >= 0.3 is 5.97 Å². The lowest BCUT2D eigenvalue weighted by Gasteiger charge is -2.19. The van der Waals surface area contributed by atoms with Crippen LogP contribution >= 0.6 is 0 Å². The van der Waals surface area contributed by atoms with E-state index in [4.69, 9.17) is 5.11 Å². The third-order valence-corrected chi connectivity index (χ3v) is 2.87. The SMILES string of the molecule is C=CCN(CC(=O)O)C(=O)Cc1cc(C)ccc1C. The minimum absolute atomic E-state index is 0.198. The molecule has 0 aliphatic carbocycles. The van der Waals surface area contributed by atoms with E-state index in [1.807, 2.05) is 32.0 Å². The summed E-state index contributed by atoms with van der Waals surface area (Å²) in [6.45, 7) is 7.40. The standard InChI is InChI=1S/C15H19NO3/c1-4-7-16(10-15(18)19)14(17)9-13-8-11(2)5-6-12(13)3/h4-6,8H,1,7,9-10H2,2-3H3,(H,18,19). The Kier molecular flexibility index (Phi) is 5.30. The molecule has 0 bridgehead atoms. The van der Waals surface area contributed by atoms with Gasteiger partial charge in [-0.3, -0.25) is 9.59 Å². The predicted octanol–water partition coefficient (Wildman–Crippen LogP) is 1.95. The van der Waals surface area contributed by atoms with Crippen LogP contribution in [0.25, 0.3) is 0 Å². The van der Waals surface area contributed by atoms with Gasteiger partial charge in [-0.2, -0.15) is 0 Å². The maximum Gasteiger partial charge on any atom is 0.323 e. The number of benzene rings is 1. The summed E-state index contributed by atoms with van der Waals surface area (Å²) in [5, 5.41) is 8.80. The van der Waals surface area contributed by atoms with Crippen LogP contribution in [-0.4, -0.2) is 35.0 Å². The summed E-state index contributed by atoms with van der Waals surface area (Å²) < 4.78 is 0. The van der Waals surface area contributed by atoms with Gasteiger partial charge < -0.3 is 10.0 Å². The van der Waals surface area contributed by atoms with Crippen molar-refractivity contribution in [3.63, 3.8) is 0 Å². The second-order valence-electron chi connectivity index (χ2n) is 4.56. The number of carboxylic acids is 1. The van der Waals surface area contributed by atoms with Crippen LogP contribution in [0.15, 0.2) is 30.9 Å². The zero-order chi connectivity index (χ0) is 14.4. The molecule has 19 heavy (non-hydrogen) atoms. The van der Waals surface area contributed by atoms with Crippen molar-refractivity contribution >= 4 is 11.9 Å². The first-order valence-corrected chi connectivity index (χ1v) is 6.10. The van der Waals surface area contributed by atoms with Crippen LogP contribution in [0.4, 0.5) is 0 Å². The van der Waals surface area contributed by atoms with Gasteiger partial charge in [0, 0.05) is 6.54 Å². The van der Waals surface area contributed by atoms with E-state index in [1.54, 1.807) is 0 Å². The lowest BCUT2D eigenvalue weighted by Crippen LogP contribution is -2.36. The van der Waals surface area contributed by atoms with Crippen LogP contribution in [0, 0.1) is 13.8 Å². The molecule has 0 aliphatic heterocycles. The topological polar surface area (TPSA) is 57.6 Å². The Hall–Kier alpha value is -2.10. The molecule has 0 atom stereocenters. The summed E-state index contributed by atoms with van der Waals surface area (Å²) in [7, 11) is 0. The molecule has 0 spiro atoms. The van der Waals surface area contributed by atoms with Gasteiger partial charge in [-0.1, -0.05) is 29.8 Å². The highest BCUT2D eigenvalue weighted by Gasteiger charge is 2.16. The molecule has 0 saturated heterocycles. The molecule has 4 nitrogen and oxygen atoms in total. The van der Waals surface area contributed by atoms with Crippen LogP contribution in [0.3, 0.4) is 0 Å². The minimum Gasteiger partial charge on any atom is -0.480 e. The van der Waals surface area contributed by atoms with E-state index in [9.17, 15) is 9.59 Å². The van der Waals surface area contributed by atoms with Gasteiger partial charge in [0.2, 0.25) is 5.91 Å². The Bertz CT molecular complexity index is 494. The van der Waals surface area contributed by atoms with Gasteiger partial charge in [-0.05, 0) is 25.0 Å². The summed E-state index contributed by atoms with van der Waals surface area (Å²) in [5.74, 6) is -1.22. The Balaban J connectivity index is 2.83. The predicted molar refractivity (Wildman–Crippen MR) is 74.0 cm³/mol. The molecule has 102 valence electrons. The second kappa shape index (κ2) is 6.73. The number of hydrogen-bond donors (Lipinski definition) is 1. The normalized spacial score (nSPS) is 10.0. The van der Waals surface area contributed by atoms with Gasteiger partial charge in [0.1, 0.15) is 6.54 Å². The van der Waals surface area contributed by atoms with E-state index in [1.165, 1.54) is 11.0 Å². The maximum atomic E-state index is 12.1. The first-order valence-electron chi connectivity index (χ1n) is 6.10. The smallest absolute Gasteiger partial charge is 0.323 e. The molecule has 1 aromatic carbocycles. The number of hydrogen-bond acceptors (Lipinski definition) is 2.